The SMILES string of the molecule is CCOC1CC(NC(=O)c2ccc(OC)c(OC)c2)(C(=O)O)C1(C)C. The van der Waals surface area contributed by atoms with Crippen molar-refractivity contribution in [2.75, 3.05) is 20.8 Å². The number of carbonyl (C=O) groups excluding carboxylic acids is 1. The summed E-state index contributed by atoms with van der Waals surface area (Å²) >= 11 is 0. The Morgan fingerprint density at radius 2 is 1.88 bits per heavy atom. The van der Waals surface area contributed by atoms with E-state index in [-0.39, 0.29) is 12.5 Å². The number of hydrogen-bond donors (Lipinski definition) is 2. The topological polar surface area (TPSA) is 94.1 Å². The maximum atomic E-state index is 12.7. The molecule has 2 atom stereocenters. The number of methoxy groups -OCH3 is 2. The zero-order valence-electron chi connectivity index (χ0n) is 15.2. The number of carbonyl (C=O) groups is 2. The summed E-state index contributed by atoms with van der Waals surface area (Å²) in [5.74, 6) is -0.652. The summed E-state index contributed by atoms with van der Waals surface area (Å²) in [6, 6.07) is 4.70. The van der Waals surface area contributed by atoms with Crippen LogP contribution in [0.4, 0.5) is 0 Å². The second-order valence-corrected chi connectivity index (χ2v) is 6.60. The van der Waals surface area contributed by atoms with Crippen LogP contribution >= 0.6 is 0 Å². The summed E-state index contributed by atoms with van der Waals surface area (Å²) < 4.78 is 15.9. The van der Waals surface area contributed by atoms with Gasteiger partial charge in [0.15, 0.2) is 11.5 Å². The second-order valence-electron chi connectivity index (χ2n) is 6.60. The van der Waals surface area contributed by atoms with Crippen LogP contribution in [0.1, 0.15) is 37.6 Å². The molecule has 7 heteroatoms. The standard InChI is InChI=1S/C18H25NO6/c1-6-25-14-10-18(16(21)22,17(14,2)3)19-15(20)11-7-8-12(23-4)13(9-11)24-5/h7-9,14H,6,10H2,1-5H3,(H,19,20)(H,21,22). The van der Waals surface area contributed by atoms with Crippen LogP contribution in [0.2, 0.25) is 0 Å². The zero-order chi connectivity index (χ0) is 18.8. The number of rotatable bonds is 7. The lowest BCUT2D eigenvalue weighted by molar-refractivity contribution is -0.190. The predicted octanol–water partition coefficient (Wildman–Crippen LogP) is 2.09. The van der Waals surface area contributed by atoms with E-state index in [4.69, 9.17) is 14.2 Å². The molecule has 1 fully saturated rings. The van der Waals surface area contributed by atoms with E-state index in [0.717, 1.165) is 0 Å². The predicted molar refractivity (Wildman–Crippen MR) is 91.2 cm³/mol. The summed E-state index contributed by atoms with van der Waals surface area (Å²) in [5, 5.41) is 12.5. The van der Waals surface area contributed by atoms with Gasteiger partial charge < -0.3 is 24.6 Å². The molecule has 0 heterocycles. The Bertz CT molecular complexity index is 672. The zero-order valence-corrected chi connectivity index (χ0v) is 15.2. The Balaban J connectivity index is 2.27. The molecular formula is C18H25NO6. The Labute approximate surface area is 147 Å². The van der Waals surface area contributed by atoms with Crippen LogP contribution in [0, 0.1) is 5.41 Å². The fourth-order valence-corrected chi connectivity index (χ4v) is 3.28. The molecule has 25 heavy (non-hydrogen) atoms. The van der Waals surface area contributed by atoms with Gasteiger partial charge in [0.1, 0.15) is 5.54 Å². The summed E-state index contributed by atoms with van der Waals surface area (Å²) in [6.45, 7) is 5.94. The van der Waals surface area contributed by atoms with E-state index in [1.165, 1.54) is 20.3 Å². The minimum atomic E-state index is -1.38. The summed E-state index contributed by atoms with van der Waals surface area (Å²) in [5.41, 5.74) is -1.81. The third kappa shape index (κ3) is 3.04. The Hall–Kier alpha value is -2.28. The van der Waals surface area contributed by atoms with Crippen LogP contribution in [0.25, 0.3) is 0 Å². The number of carboxylic acid groups (broad SMARTS) is 1. The normalized spacial score (nSPS) is 24.1. The molecule has 1 aliphatic carbocycles. The van der Waals surface area contributed by atoms with E-state index in [9.17, 15) is 14.7 Å². The molecule has 0 spiro atoms. The molecule has 7 nitrogen and oxygen atoms in total. The van der Waals surface area contributed by atoms with Crippen molar-refractivity contribution < 1.29 is 28.9 Å². The lowest BCUT2D eigenvalue weighted by Crippen LogP contribution is -2.76. The molecule has 1 aromatic rings. The van der Waals surface area contributed by atoms with Gasteiger partial charge in [0.25, 0.3) is 5.91 Å². The average molecular weight is 351 g/mol. The lowest BCUT2D eigenvalue weighted by Gasteiger charge is -2.58. The van der Waals surface area contributed by atoms with Crippen LogP contribution in [-0.4, -0.2) is 49.5 Å². The summed E-state index contributed by atoms with van der Waals surface area (Å²) in [4.78, 5) is 24.6. The molecule has 2 unspecified atom stereocenters. The van der Waals surface area contributed by atoms with Crippen molar-refractivity contribution in [3.05, 3.63) is 23.8 Å². The molecule has 0 saturated heterocycles. The molecule has 0 aliphatic heterocycles. The maximum Gasteiger partial charge on any atom is 0.330 e. The molecule has 0 aromatic heterocycles. The van der Waals surface area contributed by atoms with E-state index in [0.29, 0.717) is 23.7 Å². The van der Waals surface area contributed by atoms with Crippen molar-refractivity contribution in [3.63, 3.8) is 0 Å². The highest BCUT2D eigenvalue weighted by Gasteiger charge is 2.66. The van der Waals surface area contributed by atoms with Gasteiger partial charge in [0.05, 0.1) is 20.3 Å². The highest BCUT2D eigenvalue weighted by molar-refractivity contribution is 5.99. The minimum Gasteiger partial charge on any atom is -0.493 e. The first kappa shape index (κ1) is 19.1. The maximum absolute atomic E-state index is 12.7. The number of hydrogen-bond acceptors (Lipinski definition) is 5. The molecule has 1 saturated carbocycles. The van der Waals surface area contributed by atoms with E-state index in [1.807, 2.05) is 6.92 Å². The summed E-state index contributed by atoms with van der Waals surface area (Å²) in [6.07, 6.45) is 0.00154. The number of amides is 1. The Kier molecular flexibility index (Phi) is 5.27. The fraction of sp³-hybridized carbons (Fsp3) is 0.556. The monoisotopic (exact) mass is 351 g/mol. The molecule has 1 amide bonds. The third-order valence-electron chi connectivity index (χ3n) is 5.10. The van der Waals surface area contributed by atoms with Gasteiger partial charge in [-0.2, -0.15) is 0 Å². The number of carboxylic acids is 1. The van der Waals surface area contributed by atoms with Gasteiger partial charge in [-0.3, -0.25) is 4.79 Å². The van der Waals surface area contributed by atoms with E-state index in [2.05, 4.69) is 5.32 Å². The van der Waals surface area contributed by atoms with Crippen LogP contribution < -0.4 is 14.8 Å². The van der Waals surface area contributed by atoms with Gasteiger partial charge in [0.2, 0.25) is 0 Å². The van der Waals surface area contributed by atoms with Crippen molar-refractivity contribution in [3.8, 4) is 11.5 Å². The van der Waals surface area contributed by atoms with Crippen molar-refractivity contribution in [1.82, 2.24) is 5.32 Å². The number of aliphatic carboxylic acids is 1. The first-order valence-electron chi connectivity index (χ1n) is 8.13. The first-order chi connectivity index (χ1) is 11.7. The lowest BCUT2D eigenvalue weighted by atomic mass is 9.54. The Morgan fingerprint density at radius 1 is 1.24 bits per heavy atom. The number of nitrogens with one attached hydrogen (secondary N) is 1. The number of benzene rings is 1. The van der Waals surface area contributed by atoms with Gasteiger partial charge in [0, 0.05) is 24.0 Å². The molecule has 138 valence electrons. The van der Waals surface area contributed by atoms with Crippen molar-refractivity contribution in [1.29, 1.82) is 0 Å². The molecule has 1 aromatic carbocycles. The van der Waals surface area contributed by atoms with Crippen LogP contribution in [0.5, 0.6) is 11.5 Å². The van der Waals surface area contributed by atoms with Crippen LogP contribution in [0.15, 0.2) is 18.2 Å². The van der Waals surface area contributed by atoms with Crippen molar-refractivity contribution in [2.24, 2.45) is 5.41 Å². The molecule has 0 radical (unpaired) electrons. The van der Waals surface area contributed by atoms with Crippen molar-refractivity contribution >= 4 is 11.9 Å². The smallest absolute Gasteiger partial charge is 0.330 e. The van der Waals surface area contributed by atoms with Gasteiger partial charge in [-0.1, -0.05) is 13.8 Å². The third-order valence-corrected chi connectivity index (χ3v) is 5.10. The molecular weight excluding hydrogens is 326 g/mol. The fourth-order valence-electron chi connectivity index (χ4n) is 3.28. The minimum absolute atomic E-state index is 0.223. The van der Waals surface area contributed by atoms with Crippen molar-refractivity contribution in [2.45, 2.75) is 38.8 Å². The highest BCUT2D eigenvalue weighted by Crippen LogP contribution is 2.51. The quantitative estimate of drug-likeness (QED) is 0.781. The van der Waals surface area contributed by atoms with Gasteiger partial charge in [-0.05, 0) is 25.1 Å². The number of ether oxygens (including phenoxy) is 3. The Morgan fingerprint density at radius 3 is 2.36 bits per heavy atom. The highest BCUT2D eigenvalue weighted by atomic mass is 16.5. The van der Waals surface area contributed by atoms with Gasteiger partial charge in [-0.15, -0.1) is 0 Å². The van der Waals surface area contributed by atoms with E-state index < -0.39 is 22.8 Å². The van der Waals surface area contributed by atoms with E-state index in [1.54, 1.807) is 26.0 Å². The molecule has 1 aliphatic rings. The first-order valence-corrected chi connectivity index (χ1v) is 8.13. The van der Waals surface area contributed by atoms with Gasteiger partial charge in [-0.25, -0.2) is 4.79 Å². The molecule has 2 rings (SSSR count). The van der Waals surface area contributed by atoms with Crippen LogP contribution in [-0.2, 0) is 9.53 Å². The molecule has 2 N–H and O–H groups in total. The largest absolute Gasteiger partial charge is 0.493 e. The summed E-state index contributed by atoms with van der Waals surface area (Å²) in [7, 11) is 2.97. The van der Waals surface area contributed by atoms with E-state index >= 15 is 0 Å². The van der Waals surface area contributed by atoms with Gasteiger partial charge >= 0.3 is 5.97 Å². The second kappa shape index (κ2) is 6.92. The average Bonchev–Trinajstić information content (AvgIpc) is 2.59. The van der Waals surface area contributed by atoms with Crippen LogP contribution in [0.3, 0.4) is 0 Å². The molecule has 0 bridgehead atoms.